The number of hydrogen-bond acceptors (Lipinski definition) is 0. The molecule has 0 bridgehead atoms. The van der Waals surface area contributed by atoms with Gasteiger partial charge in [-0.3, -0.25) is 0 Å². The van der Waals surface area contributed by atoms with Crippen molar-refractivity contribution in [2.45, 2.75) is 40.5 Å². The summed E-state index contributed by atoms with van der Waals surface area (Å²) in [7, 11) is 0. The predicted octanol–water partition coefficient (Wildman–Crippen LogP) is 3.08. The van der Waals surface area contributed by atoms with Crippen LogP contribution in [0.5, 0.6) is 0 Å². The van der Waals surface area contributed by atoms with Crippen LogP contribution in [0.25, 0.3) is 0 Å². The van der Waals surface area contributed by atoms with Gasteiger partial charge < -0.3 is 0 Å². The van der Waals surface area contributed by atoms with Crippen molar-refractivity contribution in [2.75, 3.05) is 0 Å². The van der Waals surface area contributed by atoms with Crippen LogP contribution in [0.2, 0.25) is 0 Å². The Labute approximate surface area is 58.7 Å². The molecule has 2 unspecified atom stereocenters. The zero-order valence-corrected chi connectivity index (χ0v) is 7.07. The fourth-order valence-electron chi connectivity index (χ4n) is 2.69. The fraction of sp³-hybridized carbons (Fsp3) is 1.00. The Kier molecular flexibility index (Phi) is 1.58. The molecule has 2 atom stereocenters. The molecule has 1 aliphatic rings. The van der Waals surface area contributed by atoms with Gasteiger partial charge in [-0.05, 0) is 23.7 Å². The van der Waals surface area contributed by atoms with Gasteiger partial charge in [-0.25, -0.2) is 0 Å². The standard InChI is InChI=1S/C9H18/c1-5-8-7(2)6-9(8,3)4/h7-8H,5-6H2,1-4H3. The lowest BCUT2D eigenvalue weighted by Gasteiger charge is -2.50. The Morgan fingerprint density at radius 2 is 2.00 bits per heavy atom. The van der Waals surface area contributed by atoms with E-state index in [9.17, 15) is 0 Å². The van der Waals surface area contributed by atoms with E-state index in [1.165, 1.54) is 12.8 Å². The molecule has 54 valence electrons. The van der Waals surface area contributed by atoms with Gasteiger partial charge in [-0.1, -0.05) is 34.1 Å². The molecule has 1 aliphatic carbocycles. The van der Waals surface area contributed by atoms with Gasteiger partial charge in [0.1, 0.15) is 0 Å². The van der Waals surface area contributed by atoms with E-state index < -0.39 is 0 Å². The molecular formula is C9H18. The summed E-state index contributed by atoms with van der Waals surface area (Å²) in [6, 6.07) is 0. The summed E-state index contributed by atoms with van der Waals surface area (Å²) >= 11 is 0. The number of hydrogen-bond donors (Lipinski definition) is 0. The molecule has 0 aromatic heterocycles. The SMILES string of the molecule is CCC1C(C)CC1(C)C. The van der Waals surface area contributed by atoms with E-state index in [4.69, 9.17) is 0 Å². The highest BCUT2D eigenvalue weighted by Gasteiger charge is 2.42. The molecule has 0 aliphatic heterocycles. The summed E-state index contributed by atoms with van der Waals surface area (Å²) in [6.07, 6.45) is 2.81. The van der Waals surface area contributed by atoms with Gasteiger partial charge in [0.15, 0.2) is 0 Å². The van der Waals surface area contributed by atoms with Crippen molar-refractivity contribution in [3.8, 4) is 0 Å². The summed E-state index contributed by atoms with van der Waals surface area (Å²) in [5.74, 6) is 1.99. The third-order valence-corrected chi connectivity index (χ3v) is 2.98. The van der Waals surface area contributed by atoms with Gasteiger partial charge in [-0.15, -0.1) is 0 Å². The second kappa shape index (κ2) is 2.00. The first kappa shape index (κ1) is 7.11. The van der Waals surface area contributed by atoms with Crippen LogP contribution in [-0.4, -0.2) is 0 Å². The summed E-state index contributed by atoms with van der Waals surface area (Å²) < 4.78 is 0. The van der Waals surface area contributed by atoms with Crippen molar-refractivity contribution in [2.24, 2.45) is 17.3 Å². The van der Waals surface area contributed by atoms with Crippen molar-refractivity contribution < 1.29 is 0 Å². The molecule has 0 aromatic rings. The van der Waals surface area contributed by atoms with Crippen molar-refractivity contribution in [3.05, 3.63) is 0 Å². The Balaban J connectivity index is 2.48. The maximum absolute atomic E-state index is 2.39. The summed E-state index contributed by atoms with van der Waals surface area (Å²) in [6.45, 7) is 9.46. The highest BCUT2D eigenvalue weighted by Crippen LogP contribution is 2.51. The molecule has 1 rings (SSSR count). The van der Waals surface area contributed by atoms with Gasteiger partial charge in [0.05, 0.1) is 0 Å². The molecule has 0 amide bonds. The van der Waals surface area contributed by atoms with Crippen LogP contribution < -0.4 is 0 Å². The van der Waals surface area contributed by atoms with E-state index >= 15 is 0 Å². The minimum absolute atomic E-state index is 0.661. The van der Waals surface area contributed by atoms with Crippen molar-refractivity contribution in [3.63, 3.8) is 0 Å². The molecule has 0 saturated heterocycles. The van der Waals surface area contributed by atoms with Gasteiger partial charge in [0.2, 0.25) is 0 Å². The lowest BCUT2D eigenvalue weighted by Crippen LogP contribution is -2.41. The Hall–Kier alpha value is 0. The lowest BCUT2D eigenvalue weighted by molar-refractivity contribution is -0.00230. The summed E-state index contributed by atoms with van der Waals surface area (Å²) in [5.41, 5.74) is 0.661. The molecule has 1 saturated carbocycles. The van der Waals surface area contributed by atoms with Crippen LogP contribution in [0.4, 0.5) is 0 Å². The van der Waals surface area contributed by atoms with Crippen molar-refractivity contribution in [1.82, 2.24) is 0 Å². The topological polar surface area (TPSA) is 0 Å². The third-order valence-electron chi connectivity index (χ3n) is 2.98. The zero-order chi connectivity index (χ0) is 7.07. The maximum Gasteiger partial charge on any atom is -0.0321 e. The van der Waals surface area contributed by atoms with Gasteiger partial charge in [0.25, 0.3) is 0 Å². The van der Waals surface area contributed by atoms with E-state index in [0.717, 1.165) is 11.8 Å². The first-order valence-corrected chi connectivity index (χ1v) is 4.08. The normalized spacial score (nSPS) is 40.0. The van der Waals surface area contributed by atoms with E-state index in [2.05, 4.69) is 27.7 Å². The van der Waals surface area contributed by atoms with Crippen molar-refractivity contribution in [1.29, 1.82) is 0 Å². The average Bonchev–Trinajstić information content (AvgIpc) is 1.63. The zero-order valence-electron chi connectivity index (χ0n) is 7.07. The second-order valence-corrected chi connectivity index (χ2v) is 4.18. The third kappa shape index (κ3) is 0.997. The first-order valence-electron chi connectivity index (χ1n) is 4.08. The van der Waals surface area contributed by atoms with Crippen LogP contribution in [0.3, 0.4) is 0 Å². The van der Waals surface area contributed by atoms with Crippen LogP contribution in [0.1, 0.15) is 40.5 Å². The lowest BCUT2D eigenvalue weighted by atomic mass is 9.55. The molecular weight excluding hydrogens is 108 g/mol. The fourth-order valence-corrected chi connectivity index (χ4v) is 2.69. The second-order valence-electron chi connectivity index (χ2n) is 4.18. The first-order chi connectivity index (χ1) is 4.08. The Morgan fingerprint density at radius 3 is 2.11 bits per heavy atom. The quantitative estimate of drug-likeness (QED) is 0.506. The highest BCUT2D eigenvalue weighted by atomic mass is 14.5. The Bertz CT molecular complexity index is 103. The monoisotopic (exact) mass is 126 g/mol. The number of rotatable bonds is 1. The van der Waals surface area contributed by atoms with E-state index in [1.807, 2.05) is 0 Å². The smallest absolute Gasteiger partial charge is 0.0321 e. The van der Waals surface area contributed by atoms with Crippen LogP contribution >= 0.6 is 0 Å². The molecule has 0 N–H and O–H groups in total. The molecule has 0 heterocycles. The molecule has 0 radical (unpaired) electrons. The van der Waals surface area contributed by atoms with Crippen LogP contribution in [0, 0.1) is 17.3 Å². The highest BCUT2D eigenvalue weighted by molar-refractivity contribution is 4.92. The molecule has 0 aromatic carbocycles. The molecule has 0 heteroatoms. The van der Waals surface area contributed by atoms with E-state index in [1.54, 1.807) is 0 Å². The maximum atomic E-state index is 2.39. The van der Waals surface area contributed by atoms with Crippen molar-refractivity contribution >= 4 is 0 Å². The molecule has 0 spiro atoms. The summed E-state index contributed by atoms with van der Waals surface area (Å²) in [5, 5.41) is 0. The Morgan fingerprint density at radius 1 is 1.44 bits per heavy atom. The minimum atomic E-state index is 0.661. The van der Waals surface area contributed by atoms with E-state index in [-0.39, 0.29) is 0 Å². The van der Waals surface area contributed by atoms with Gasteiger partial charge in [0, 0.05) is 0 Å². The average molecular weight is 126 g/mol. The van der Waals surface area contributed by atoms with Gasteiger partial charge >= 0.3 is 0 Å². The summed E-state index contributed by atoms with van der Waals surface area (Å²) in [4.78, 5) is 0. The van der Waals surface area contributed by atoms with E-state index in [0.29, 0.717) is 5.41 Å². The molecule has 9 heavy (non-hydrogen) atoms. The largest absolute Gasteiger partial charge is 0.0651 e. The van der Waals surface area contributed by atoms with Crippen LogP contribution in [0.15, 0.2) is 0 Å². The molecule has 0 nitrogen and oxygen atoms in total. The van der Waals surface area contributed by atoms with Gasteiger partial charge in [-0.2, -0.15) is 0 Å². The predicted molar refractivity (Wildman–Crippen MR) is 41.3 cm³/mol. The minimum Gasteiger partial charge on any atom is -0.0651 e. The van der Waals surface area contributed by atoms with Crippen LogP contribution in [-0.2, 0) is 0 Å². The molecule has 1 fully saturated rings.